The van der Waals surface area contributed by atoms with Crippen molar-refractivity contribution in [3.8, 4) is 0 Å². The second-order valence-corrected chi connectivity index (χ2v) is 23.3. The fraction of sp³-hybridized carbons (Fsp3) is 0.920. The highest BCUT2D eigenvalue weighted by Crippen LogP contribution is 2.71. The largest absolute Gasteiger partial charge is 0.481 e. The number of ether oxygens (including phenoxy) is 9. The van der Waals surface area contributed by atoms with Crippen LogP contribution in [0.5, 0.6) is 0 Å². The average Bonchev–Trinajstić information content (AvgIpc) is 3.79. The number of aliphatic carboxylic acids is 1. The predicted octanol–water partition coefficient (Wildman–Crippen LogP) is -1.04. The van der Waals surface area contributed by atoms with Crippen molar-refractivity contribution in [3.63, 3.8) is 0 Å². The Kier molecular flexibility index (Phi) is 15.8. The Morgan fingerprint density at radius 2 is 1.42 bits per heavy atom. The number of carboxylic acid groups (broad SMARTS) is 1. The second kappa shape index (κ2) is 20.7. The van der Waals surface area contributed by atoms with E-state index < -0.39 is 141 Å². The van der Waals surface area contributed by atoms with Gasteiger partial charge < -0.3 is 98.8 Å². The molecule has 5 aliphatic heterocycles. The van der Waals surface area contributed by atoms with Crippen molar-refractivity contribution in [2.45, 2.75) is 215 Å². The lowest BCUT2D eigenvalue weighted by Crippen LogP contribution is -2.67. The number of hydrogen-bond acceptors (Lipinski definition) is 21. The van der Waals surface area contributed by atoms with Crippen molar-refractivity contribution in [2.24, 2.45) is 46.3 Å². The number of allylic oxidation sites excluding steroid dienone is 1. The smallest absolute Gasteiger partial charge is 0.338 e. The van der Waals surface area contributed by atoms with Gasteiger partial charge in [0.2, 0.25) is 0 Å². The van der Waals surface area contributed by atoms with Gasteiger partial charge in [0.1, 0.15) is 67.1 Å². The maximum absolute atomic E-state index is 12.5. The number of carbonyl (C=O) groups excluding carboxylic acids is 1. The van der Waals surface area contributed by atoms with Crippen LogP contribution in [0.25, 0.3) is 0 Å². The van der Waals surface area contributed by atoms with Gasteiger partial charge in [-0.2, -0.15) is 0 Å². The van der Waals surface area contributed by atoms with Crippen LogP contribution in [0, 0.1) is 46.3 Å². The maximum atomic E-state index is 12.5. The fourth-order valence-electron chi connectivity index (χ4n) is 14.8. The van der Waals surface area contributed by atoms with Crippen LogP contribution >= 0.6 is 0 Å². The first kappa shape index (κ1) is 54.7. The second-order valence-electron chi connectivity index (χ2n) is 23.3. The summed E-state index contributed by atoms with van der Waals surface area (Å²) in [5, 5.41) is 115. The lowest BCUT2D eigenvalue weighted by molar-refractivity contribution is -0.394. The molecule has 0 amide bonds. The molecule has 3 saturated carbocycles. The number of fused-ring (bicyclic) bond motifs is 7. The van der Waals surface area contributed by atoms with Gasteiger partial charge in [0.25, 0.3) is 0 Å². The van der Waals surface area contributed by atoms with Gasteiger partial charge in [-0.15, -0.1) is 0 Å². The SMILES string of the molecule is C[C@@H]1O[C@@H](O[C@H]2[C@H](O[C@H]3CC[C@@]4(C)C(=CCC5C4CC[C@@]4(C)C5CC5O[C@]6(CC[C@@H](COC(=O)[C@](C)(O)CC(=O)O)CO6)[C@@H](C)[C@@H]54)C3)O[C@H](CO)[C@@H](O)[C@@H]2O[C@@H]2O[C@H](CO)[C@@H](O)[C@H](O)[C@H]2O)[C@H](O)[C@H](O)[C@H]1O. The van der Waals surface area contributed by atoms with E-state index in [1.54, 1.807) is 0 Å². The third kappa shape index (κ3) is 9.62. The summed E-state index contributed by atoms with van der Waals surface area (Å²) in [7, 11) is 0. The molecule has 27 atom stereocenters. The normalized spacial score (nSPS) is 52.0. The number of carboxylic acids is 1. The van der Waals surface area contributed by atoms with E-state index in [1.807, 2.05) is 0 Å². The van der Waals surface area contributed by atoms with Crippen LogP contribution in [0.3, 0.4) is 0 Å². The van der Waals surface area contributed by atoms with E-state index in [1.165, 1.54) is 12.5 Å². The molecular weight excluding hydrogens is 953 g/mol. The van der Waals surface area contributed by atoms with Crippen molar-refractivity contribution in [1.82, 2.24) is 0 Å². The fourth-order valence-corrected chi connectivity index (χ4v) is 14.8. The van der Waals surface area contributed by atoms with E-state index in [2.05, 4.69) is 26.8 Å². The molecular formula is C50H78O22. The zero-order valence-electron chi connectivity index (χ0n) is 41.7. The van der Waals surface area contributed by atoms with Crippen LogP contribution in [0.4, 0.5) is 0 Å². The topological polar surface area (TPSA) is 340 Å². The summed E-state index contributed by atoms with van der Waals surface area (Å²) in [6, 6.07) is 0. The molecule has 410 valence electrons. The molecule has 22 heteroatoms. The van der Waals surface area contributed by atoms with Gasteiger partial charge in [0.05, 0.1) is 51.2 Å². The quantitative estimate of drug-likeness (QED) is 0.0776. The van der Waals surface area contributed by atoms with E-state index in [9.17, 15) is 60.7 Å². The maximum Gasteiger partial charge on any atom is 0.338 e. The highest BCUT2D eigenvalue weighted by Gasteiger charge is 2.69. The van der Waals surface area contributed by atoms with Crippen LogP contribution in [-0.4, -0.2) is 210 Å². The Morgan fingerprint density at radius 1 is 0.764 bits per heavy atom. The van der Waals surface area contributed by atoms with Crippen molar-refractivity contribution in [2.75, 3.05) is 26.4 Å². The number of aliphatic hydroxyl groups is 10. The minimum absolute atomic E-state index is 0.00987. The van der Waals surface area contributed by atoms with Gasteiger partial charge in [-0.3, -0.25) is 4.79 Å². The molecule has 5 heterocycles. The van der Waals surface area contributed by atoms with E-state index in [4.69, 9.17) is 47.7 Å². The van der Waals surface area contributed by atoms with Gasteiger partial charge in [-0.1, -0.05) is 32.4 Å². The summed E-state index contributed by atoms with van der Waals surface area (Å²) < 4.78 is 55.7. The number of esters is 1. The van der Waals surface area contributed by atoms with Crippen molar-refractivity contribution in [3.05, 3.63) is 11.6 Å². The molecule has 22 nitrogen and oxygen atoms in total. The summed E-state index contributed by atoms with van der Waals surface area (Å²) in [6.07, 6.45) is -15.5. The molecule has 5 saturated heterocycles. The molecule has 0 radical (unpaired) electrons. The summed E-state index contributed by atoms with van der Waals surface area (Å²) in [5.41, 5.74) is -0.999. The highest BCUT2D eigenvalue weighted by molar-refractivity contribution is 5.84. The summed E-state index contributed by atoms with van der Waals surface area (Å²) >= 11 is 0. The van der Waals surface area contributed by atoms with Crippen LogP contribution < -0.4 is 0 Å². The van der Waals surface area contributed by atoms with Gasteiger partial charge in [-0.25, -0.2) is 4.79 Å². The standard InChI is InChI=1S/C50H78O22/c1-21-33-29(72-50(21)13-8-23(20-65-50)19-64-46(62)49(5,63)16-32(53)54)15-28-26-7-6-24-14-25(9-11-47(24,3)27(26)10-12-48(28,33)4)67-45-42(71-43-39(60)37(58)34(55)22(2)66-43)41(36(57)31(18-52)69-45)70-44-40(61)38(59)35(56)30(17-51)68-44/h6,21-23,25-31,33-45,51-52,55-61,63H,7-20H2,1-5H3,(H,53,54)/t21-,22-,23-,25-,26?,27?,28?,29?,30+,31+,33-,34-,35+,36+,37+,38-,39+,40+,41-,42+,43-,44-,45+,47-,48-,49+,50+/m0/s1. The molecule has 8 fully saturated rings. The average molecular weight is 1030 g/mol. The molecule has 4 aliphatic carbocycles. The van der Waals surface area contributed by atoms with E-state index >= 15 is 0 Å². The molecule has 0 bridgehead atoms. The van der Waals surface area contributed by atoms with E-state index in [0.717, 1.165) is 39.0 Å². The number of hydrogen-bond donors (Lipinski definition) is 11. The van der Waals surface area contributed by atoms with Crippen LogP contribution in [0.15, 0.2) is 11.6 Å². The van der Waals surface area contributed by atoms with Crippen LogP contribution in [0.2, 0.25) is 0 Å². The molecule has 4 unspecified atom stereocenters. The lowest BCUT2D eigenvalue weighted by atomic mass is 9.47. The molecule has 9 aliphatic rings. The minimum Gasteiger partial charge on any atom is -0.481 e. The van der Waals surface area contributed by atoms with Crippen LogP contribution in [-0.2, 0) is 52.2 Å². The van der Waals surface area contributed by atoms with Gasteiger partial charge in [-0.05, 0) is 99.7 Å². The lowest BCUT2D eigenvalue weighted by Gasteiger charge is -2.59. The van der Waals surface area contributed by atoms with Crippen molar-refractivity contribution < 1.29 is 108 Å². The molecule has 0 aromatic heterocycles. The number of aliphatic hydroxyl groups excluding tert-OH is 9. The Balaban J connectivity index is 0.877. The van der Waals surface area contributed by atoms with Crippen LogP contribution in [0.1, 0.15) is 98.8 Å². The molecule has 11 N–H and O–H groups in total. The minimum atomic E-state index is -2.12. The Hall–Kier alpha value is -2.04. The van der Waals surface area contributed by atoms with E-state index in [-0.39, 0.29) is 41.3 Å². The van der Waals surface area contributed by atoms with Crippen molar-refractivity contribution in [1.29, 1.82) is 0 Å². The molecule has 72 heavy (non-hydrogen) atoms. The number of carbonyl (C=O) groups is 2. The summed E-state index contributed by atoms with van der Waals surface area (Å²) in [4.78, 5) is 23.6. The third-order valence-electron chi connectivity index (χ3n) is 18.9. The Morgan fingerprint density at radius 3 is 2.08 bits per heavy atom. The van der Waals surface area contributed by atoms with Gasteiger partial charge in [0, 0.05) is 18.3 Å². The van der Waals surface area contributed by atoms with Crippen molar-refractivity contribution >= 4 is 11.9 Å². The monoisotopic (exact) mass is 1030 g/mol. The number of rotatable bonds is 13. The first-order chi connectivity index (χ1) is 34.0. The predicted molar refractivity (Wildman–Crippen MR) is 242 cm³/mol. The van der Waals surface area contributed by atoms with E-state index in [0.29, 0.717) is 50.0 Å². The Bertz CT molecular complexity index is 1960. The summed E-state index contributed by atoms with van der Waals surface area (Å²) in [5.74, 6) is -1.52. The third-order valence-corrected chi connectivity index (χ3v) is 18.9. The molecule has 9 rings (SSSR count). The zero-order valence-corrected chi connectivity index (χ0v) is 41.7. The molecule has 0 aromatic carbocycles. The first-order valence-corrected chi connectivity index (χ1v) is 26.0. The summed E-state index contributed by atoms with van der Waals surface area (Å²) in [6.45, 7) is 8.48. The van der Waals surface area contributed by atoms with Gasteiger partial charge in [0.15, 0.2) is 30.3 Å². The molecule has 1 spiro atoms. The Labute approximate surface area is 418 Å². The van der Waals surface area contributed by atoms with Gasteiger partial charge >= 0.3 is 11.9 Å². The zero-order chi connectivity index (χ0) is 52.0. The molecule has 0 aromatic rings. The first-order valence-electron chi connectivity index (χ1n) is 26.0. The highest BCUT2D eigenvalue weighted by atomic mass is 16.8.